The molecule has 14 heavy (non-hydrogen) atoms. The standard InChI is InChI=1S/C7H10N4O3/c1-3(7(13)14)10-6(12)5-4(8)2-9-11-5/h2-3H,8H2,1H3,(H,9,11)(H,10,12)(H,13,14). The van der Waals surface area contributed by atoms with Crippen LogP contribution in [-0.4, -0.2) is 33.2 Å². The first-order valence-corrected chi connectivity index (χ1v) is 3.85. The Balaban J connectivity index is 2.69. The van der Waals surface area contributed by atoms with Crippen molar-refractivity contribution in [2.24, 2.45) is 0 Å². The first-order chi connectivity index (χ1) is 6.52. The number of rotatable bonds is 3. The molecule has 7 heteroatoms. The van der Waals surface area contributed by atoms with Gasteiger partial charge in [0.15, 0.2) is 0 Å². The molecule has 0 aliphatic heterocycles. The van der Waals surface area contributed by atoms with Gasteiger partial charge in [-0.2, -0.15) is 5.10 Å². The number of carboxylic acids is 1. The summed E-state index contributed by atoms with van der Waals surface area (Å²) in [5.41, 5.74) is 5.64. The lowest BCUT2D eigenvalue weighted by Crippen LogP contribution is -2.38. The summed E-state index contributed by atoms with van der Waals surface area (Å²) >= 11 is 0. The minimum atomic E-state index is -1.11. The Morgan fingerprint density at radius 1 is 1.71 bits per heavy atom. The molecular weight excluding hydrogens is 188 g/mol. The van der Waals surface area contributed by atoms with Crippen molar-refractivity contribution in [3.63, 3.8) is 0 Å². The summed E-state index contributed by atoms with van der Waals surface area (Å²) in [7, 11) is 0. The summed E-state index contributed by atoms with van der Waals surface area (Å²) in [6.07, 6.45) is 1.28. The Morgan fingerprint density at radius 3 is 2.79 bits per heavy atom. The molecule has 0 aliphatic rings. The zero-order valence-electron chi connectivity index (χ0n) is 7.44. The molecule has 0 saturated heterocycles. The number of carbonyl (C=O) groups excluding carboxylic acids is 1. The van der Waals surface area contributed by atoms with E-state index in [-0.39, 0.29) is 11.4 Å². The molecule has 0 bridgehead atoms. The molecular formula is C7H10N4O3. The highest BCUT2D eigenvalue weighted by Crippen LogP contribution is 2.05. The fraction of sp³-hybridized carbons (Fsp3) is 0.286. The molecule has 1 aromatic heterocycles. The number of hydrogen-bond donors (Lipinski definition) is 4. The summed E-state index contributed by atoms with van der Waals surface area (Å²) in [5, 5.41) is 16.7. The number of aromatic amines is 1. The molecule has 1 aromatic rings. The van der Waals surface area contributed by atoms with Crippen LogP contribution >= 0.6 is 0 Å². The third-order valence-electron chi connectivity index (χ3n) is 1.61. The van der Waals surface area contributed by atoms with Crippen molar-refractivity contribution in [3.8, 4) is 0 Å². The largest absolute Gasteiger partial charge is 0.480 e. The van der Waals surface area contributed by atoms with Crippen molar-refractivity contribution in [1.82, 2.24) is 15.5 Å². The van der Waals surface area contributed by atoms with Crippen LogP contribution in [0.25, 0.3) is 0 Å². The molecule has 1 heterocycles. The molecule has 0 aliphatic carbocycles. The van der Waals surface area contributed by atoms with Crippen LogP contribution in [0.15, 0.2) is 6.20 Å². The number of nitrogens with one attached hydrogen (secondary N) is 2. The van der Waals surface area contributed by atoms with E-state index in [0.717, 1.165) is 0 Å². The number of H-pyrrole nitrogens is 1. The molecule has 0 aromatic carbocycles. The normalized spacial score (nSPS) is 12.1. The van der Waals surface area contributed by atoms with Gasteiger partial charge in [-0.3, -0.25) is 14.7 Å². The van der Waals surface area contributed by atoms with E-state index in [1.165, 1.54) is 13.1 Å². The van der Waals surface area contributed by atoms with E-state index >= 15 is 0 Å². The number of hydrogen-bond acceptors (Lipinski definition) is 4. The quantitative estimate of drug-likeness (QED) is 0.506. The average molecular weight is 198 g/mol. The Hall–Kier alpha value is -2.05. The minimum Gasteiger partial charge on any atom is -0.480 e. The number of aromatic nitrogens is 2. The van der Waals surface area contributed by atoms with Gasteiger partial charge in [0.1, 0.15) is 11.7 Å². The Kier molecular flexibility index (Phi) is 2.70. The molecule has 0 spiro atoms. The molecule has 5 N–H and O–H groups in total. The lowest BCUT2D eigenvalue weighted by atomic mass is 10.3. The average Bonchev–Trinajstić information content (AvgIpc) is 2.51. The van der Waals surface area contributed by atoms with Gasteiger partial charge in [-0.05, 0) is 6.92 Å². The monoisotopic (exact) mass is 198 g/mol. The maximum Gasteiger partial charge on any atom is 0.325 e. The first kappa shape index (κ1) is 10.0. The second-order valence-corrected chi connectivity index (χ2v) is 2.73. The van der Waals surface area contributed by atoms with Crippen molar-refractivity contribution >= 4 is 17.6 Å². The van der Waals surface area contributed by atoms with Crippen molar-refractivity contribution < 1.29 is 14.7 Å². The minimum absolute atomic E-state index is 0.0677. The van der Waals surface area contributed by atoms with Gasteiger partial charge in [0.05, 0.1) is 11.9 Å². The number of carboxylic acid groups (broad SMARTS) is 1. The molecule has 1 unspecified atom stereocenters. The number of nitrogens with two attached hydrogens (primary N) is 1. The fourth-order valence-electron chi connectivity index (χ4n) is 0.808. The highest BCUT2D eigenvalue weighted by Gasteiger charge is 2.17. The van der Waals surface area contributed by atoms with Crippen LogP contribution in [0.2, 0.25) is 0 Å². The third kappa shape index (κ3) is 2.00. The van der Waals surface area contributed by atoms with Crippen molar-refractivity contribution in [3.05, 3.63) is 11.9 Å². The van der Waals surface area contributed by atoms with Crippen molar-refractivity contribution in [2.75, 3.05) is 5.73 Å². The summed E-state index contributed by atoms with van der Waals surface area (Å²) in [6, 6.07) is -0.967. The van der Waals surface area contributed by atoms with Gasteiger partial charge >= 0.3 is 5.97 Å². The van der Waals surface area contributed by atoms with Crippen LogP contribution in [0.1, 0.15) is 17.4 Å². The van der Waals surface area contributed by atoms with Crippen LogP contribution in [0.4, 0.5) is 5.69 Å². The summed E-state index contributed by atoms with van der Waals surface area (Å²) in [4.78, 5) is 21.7. The van der Waals surface area contributed by atoms with Gasteiger partial charge in [-0.15, -0.1) is 0 Å². The number of anilines is 1. The van der Waals surface area contributed by atoms with Crippen molar-refractivity contribution in [2.45, 2.75) is 13.0 Å². The van der Waals surface area contributed by atoms with E-state index in [4.69, 9.17) is 10.8 Å². The van der Waals surface area contributed by atoms with Gasteiger partial charge in [-0.1, -0.05) is 0 Å². The third-order valence-corrected chi connectivity index (χ3v) is 1.61. The lowest BCUT2D eigenvalue weighted by molar-refractivity contribution is -0.138. The van der Waals surface area contributed by atoms with Gasteiger partial charge in [0.25, 0.3) is 5.91 Å². The van der Waals surface area contributed by atoms with E-state index in [2.05, 4.69) is 15.5 Å². The van der Waals surface area contributed by atoms with E-state index in [1.54, 1.807) is 0 Å². The molecule has 1 amide bonds. The number of aliphatic carboxylic acids is 1. The first-order valence-electron chi connectivity index (χ1n) is 3.85. The molecule has 1 atom stereocenters. The molecule has 1 rings (SSSR count). The van der Waals surface area contributed by atoms with E-state index < -0.39 is 17.9 Å². The molecule has 7 nitrogen and oxygen atoms in total. The van der Waals surface area contributed by atoms with Gasteiger partial charge in [0, 0.05) is 0 Å². The summed E-state index contributed by atoms with van der Waals surface area (Å²) in [6.45, 7) is 1.35. The highest BCUT2D eigenvalue weighted by molar-refractivity contribution is 5.98. The number of nitrogen functional groups attached to an aromatic ring is 1. The summed E-state index contributed by atoms with van der Waals surface area (Å²) in [5.74, 6) is -1.70. The van der Waals surface area contributed by atoms with Gasteiger partial charge < -0.3 is 16.2 Å². The molecule has 0 radical (unpaired) electrons. The predicted molar refractivity (Wildman–Crippen MR) is 47.6 cm³/mol. The van der Waals surface area contributed by atoms with Gasteiger partial charge in [0.2, 0.25) is 0 Å². The zero-order chi connectivity index (χ0) is 10.7. The smallest absolute Gasteiger partial charge is 0.325 e. The fourth-order valence-corrected chi connectivity index (χ4v) is 0.808. The molecule has 0 fully saturated rings. The number of amides is 1. The topological polar surface area (TPSA) is 121 Å². The Morgan fingerprint density at radius 2 is 2.36 bits per heavy atom. The number of nitrogens with zero attached hydrogens (tertiary/aromatic N) is 1. The second kappa shape index (κ2) is 3.77. The van der Waals surface area contributed by atoms with Gasteiger partial charge in [-0.25, -0.2) is 0 Å². The van der Waals surface area contributed by atoms with E-state index in [1.807, 2.05) is 0 Å². The summed E-state index contributed by atoms with van der Waals surface area (Å²) < 4.78 is 0. The zero-order valence-corrected chi connectivity index (χ0v) is 7.44. The SMILES string of the molecule is CC(NC(=O)c1[nH]ncc1N)C(=O)O. The molecule has 76 valence electrons. The van der Waals surface area contributed by atoms with Crippen LogP contribution in [-0.2, 0) is 4.79 Å². The van der Waals surface area contributed by atoms with Crippen LogP contribution in [0.3, 0.4) is 0 Å². The number of carbonyl (C=O) groups is 2. The molecule has 0 saturated carbocycles. The maximum absolute atomic E-state index is 11.3. The van der Waals surface area contributed by atoms with Crippen LogP contribution < -0.4 is 11.1 Å². The highest BCUT2D eigenvalue weighted by atomic mass is 16.4. The van der Waals surface area contributed by atoms with E-state index in [9.17, 15) is 9.59 Å². The van der Waals surface area contributed by atoms with Crippen LogP contribution in [0.5, 0.6) is 0 Å². The predicted octanol–water partition coefficient (Wildman–Crippen LogP) is -0.805. The Bertz CT molecular complexity index is 360. The Labute approximate surface area is 79.3 Å². The lowest BCUT2D eigenvalue weighted by Gasteiger charge is -2.07. The van der Waals surface area contributed by atoms with Crippen LogP contribution in [0, 0.1) is 0 Å². The van der Waals surface area contributed by atoms with Crippen molar-refractivity contribution in [1.29, 1.82) is 0 Å². The van der Waals surface area contributed by atoms with E-state index in [0.29, 0.717) is 0 Å². The second-order valence-electron chi connectivity index (χ2n) is 2.73. The maximum atomic E-state index is 11.3.